The third kappa shape index (κ3) is 2.04. The van der Waals surface area contributed by atoms with Crippen molar-refractivity contribution < 1.29 is 0 Å². The van der Waals surface area contributed by atoms with Crippen LogP contribution in [0.5, 0.6) is 0 Å². The van der Waals surface area contributed by atoms with Crippen LogP contribution in [0.4, 0.5) is 0 Å². The van der Waals surface area contributed by atoms with E-state index in [1.165, 1.54) is 5.56 Å². The maximum Gasteiger partial charge on any atom is 0.128 e. The van der Waals surface area contributed by atoms with Crippen LogP contribution in [0.25, 0.3) is 0 Å². The molecule has 3 rings (SSSR count). The number of hydrogen-bond acceptors (Lipinski definition) is 3. The molecule has 0 unspecified atom stereocenters. The molecule has 0 bridgehead atoms. The molecule has 0 saturated carbocycles. The van der Waals surface area contributed by atoms with Crippen LogP contribution in [-0.2, 0) is 13.0 Å². The molecule has 1 aromatic heterocycles. The molecule has 0 atom stereocenters. The van der Waals surface area contributed by atoms with Crippen LogP contribution >= 0.6 is 11.3 Å². The van der Waals surface area contributed by atoms with Crippen LogP contribution in [-0.4, -0.2) is 22.3 Å². The van der Waals surface area contributed by atoms with Crippen molar-refractivity contribution in [2.75, 3.05) is 6.54 Å². The Bertz CT molecular complexity index is 588. The number of thiazole rings is 1. The molecule has 0 amide bonds. The second-order valence-electron chi connectivity index (χ2n) is 4.54. The van der Waals surface area contributed by atoms with Crippen LogP contribution < -0.4 is 0 Å². The lowest BCUT2D eigenvalue weighted by molar-refractivity contribution is 0.430. The summed E-state index contributed by atoms with van der Waals surface area (Å²) in [5.41, 5.74) is 3.48. The Labute approximate surface area is 111 Å². The van der Waals surface area contributed by atoms with Gasteiger partial charge in [-0.2, -0.15) is 0 Å². The summed E-state index contributed by atoms with van der Waals surface area (Å²) in [4.78, 5) is 6.59. The Kier molecular flexibility index (Phi) is 2.88. The first-order chi connectivity index (χ1) is 8.74. The van der Waals surface area contributed by atoms with Crippen molar-refractivity contribution in [3.05, 3.63) is 51.5 Å². The van der Waals surface area contributed by atoms with Gasteiger partial charge in [0, 0.05) is 30.5 Å². The van der Waals surface area contributed by atoms with Gasteiger partial charge in [0.2, 0.25) is 0 Å². The van der Waals surface area contributed by atoms with E-state index in [9.17, 15) is 0 Å². The maximum atomic E-state index is 8.17. The molecule has 2 aromatic rings. The summed E-state index contributed by atoms with van der Waals surface area (Å²) in [5, 5.41) is 11.4. The smallest absolute Gasteiger partial charge is 0.128 e. The Morgan fingerprint density at radius 1 is 1.39 bits per heavy atom. The summed E-state index contributed by atoms with van der Waals surface area (Å²) in [6, 6.07) is 8.18. The number of nitrogens with one attached hydrogen (secondary N) is 1. The van der Waals surface area contributed by atoms with E-state index >= 15 is 0 Å². The van der Waals surface area contributed by atoms with Crippen molar-refractivity contribution in [2.24, 2.45) is 0 Å². The van der Waals surface area contributed by atoms with Crippen LogP contribution in [0.15, 0.2) is 29.6 Å². The molecule has 1 aromatic carbocycles. The largest absolute Gasteiger partial charge is 0.352 e. The van der Waals surface area contributed by atoms with Gasteiger partial charge in [-0.05, 0) is 12.5 Å². The Morgan fingerprint density at radius 3 is 2.94 bits per heavy atom. The molecule has 18 heavy (non-hydrogen) atoms. The molecule has 2 heterocycles. The number of fused-ring (bicyclic) bond motifs is 1. The minimum absolute atomic E-state index is 0.651. The van der Waals surface area contributed by atoms with Crippen LogP contribution in [0.3, 0.4) is 0 Å². The third-order valence-corrected chi connectivity index (χ3v) is 4.08. The Hall–Kier alpha value is -1.68. The van der Waals surface area contributed by atoms with Gasteiger partial charge < -0.3 is 4.90 Å². The third-order valence-electron chi connectivity index (χ3n) is 3.25. The van der Waals surface area contributed by atoms with Gasteiger partial charge in [0.05, 0.1) is 10.7 Å². The average molecular weight is 257 g/mol. The van der Waals surface area contributed by atoms with E-state index < -0.39 is 0 Å². The highest BCUT2D eigenvalue weighted by Gasteiger charge is 2.22. The predicted molar refractivity (Wildman–Crippen MR) is 74.2 cm³/mol. The van der Waals surface area contributed by atoms with E-state index in [1.807, 2.05) is 25.1 Å². The van der Waals surface area contributed by atoms with Crippen molar-refractivity contribution in [1.29, 1.82) is 5.41 Å². The number of hydrogen-bond donors (Lipinski definition) is 1. The molecule has 92 valence electrons. The summed E-state index contributed by atoms with van der Waals surface area (Å²) in [6.07, 6.45) is 0.917. The predicted octanol–water partition coefficient (Wildman–Crippen LogP) is 2.84. The molecular weight excluding hydrogens is 242 g/mol. The van der Waals surface area contributed by atoms with Gasteiger partial charge in [-0.3, -0.25) is 5.41 Å². The topological polar surface area (TPSA) is 40.0 Å². The molecule has 1 aliphatic heterocycles. The molecule has 3 nitrogen and oxygen atoms in total. The second kappa shape index (κ2) is 4.53. The van der Waals surface area contributed by atoms with Crippen molar-refractivity contribution >= 4 is 17.2 Å². The molecule has 0 radical (unpaired) electrons. The minimum atomic E-state index is 0.651. The maximum absolute atomic E-state index is 8.17. The fourth-order valence-electron chi connectivity index (χ4n) is 2.31. The zero-order valence-corrected chi connectivity index (χ0v) is 11.1. The van der Waals surface area contributed by atoms with E-state index in [0.717, 1.165) is 35.8 Å². The number of rotatable bonds is 3. The van der Waals surface area contributed by atoms with Crippen molar-refractivity contribution in [3.8, 4) is 0 Å². The zero-order chi connectivity index (χ0) is 12.5. The lowest BCUT2D eigenvalue weighted by atomic mass is 10.1. The zero-order valence-electron chi connectivity index (χ0n) is 10.3. The first-order valence-corrected chi connectivity index (χ1v) is 6.95. The standard InChI is InChI=1S/C14H15N3S/c1-10-16-12(9-18-10)6-7-17-8-11-4-2-3-5-13(11)14(17)15/h2-5,9,15H,6-8H2,1H3. The molecule has 0 saturated heterocycles. The summed E-state index contributed by atoms with van der Waals surface area (Å²) < 4.78 is 0. The van der Waals surface area contributed by atoms with Crippen molar-refractivity contribution in [1.82, 2.24) is 9.88 Å². The van der Waals surface area contributed by atoms with Crippen LogP contribution in [0.1, 0.15) is 21.8 Å². The quantitative estimate of drug-likeness (QED) is 0.918. The van der Waals surface area contributed by atoms with E-state index in [0.29, 0.717) is 5.84 Å². The van der Waals surface area contributed by atoms with Crippen LogP contribution in [0, 0.1) is 12.3 Å². The fraction of sp³-hybridized carbons (Fsp3) is 0.286. The monoisotopic (exact) mass is 257 g/mol. The van der Waals surface area contributed by atoms with Gasteiger partial charge in [0.1, 0.15) is 5.84 Å². The number of benzene rings is 1. The molecule has 0 spiro atoms. The summed E-state index contributed by atoms with van der Waals surface area (Å²) in [7, 11) is 0. The van der Waals surface area contributed by atoms with Gasteiger partial charge in [-0.15, -0.1) is 11.3 Å². The molecule has 0 aliphatic carbocycles. The lowest BCUT2D eigenvalue weighted by Gasteiger charge is -2.16. The minimum Gasteiger partial charge on any atom is -0.352 e. The van der Waals surface area contributed by atoms with Gasteiger partial charge in [0.15, 0.2) is 0 Å². The molecule has 1 N–H and O–H groups in total. The normalized spacial score (nSPS) is 14.1. The molecule has 4 heteroatoms. The van der Waals surface area contributed by atoms with Gasteiger partial charge >= 0.3 is 0 Å². The number of aromatic nitrogens is 1. The first-order valence-electron chi connectivity index (χ1n) is 6.07. The highest BCUT2D eigenvalue weighted by molar-refractivity contribution is 7.09. The summed E-state index contributed by atoms with van der Waals surface area (Å²) in [5.74, 6) is 0.651. The number of amidine groups is 1. The van der Waals surface area contributed by atoms with Gasteiger partial charge in [-0.1, -0.05) is 24.3 Å². The second-order valence-corrected chi connectivity index (χ2v) is 5.60. The average Bonchev–Trinajstić information content (AvgIpc) is 2.92. The first kappa shape index (κ1) is 11.4. The molecular formula is C14H15N3S. The Balaban J connectivity index is 1.68. The SMILES string of the molecule is Cc1nc(CCN2Cc3ccccc3C2=N)cs1. The lowest BCUT2D eigenvalue weighted by Crippen LogP contribution is -2.26. The van der Waals surface area contributed by atoms with E-state index in [2.05, 4.69) is 21.3 Å². The highest BCUT2D eigenvalue weighted by atomic mass is 32.1. The summed E-state index contributed by atoms with van der Waals surface area (Å²) in [6.45, 7) is 3.76. The van der Waals surface area contributed by atoms with Crippen molar-refractivity contribution in [3.63, 3.8) is 0 Å². The van der Waals surface area contributed by atoms with E-state index in [4.69, 9.17) is 5.41 Å². The van der Waals surface area contributed by atoms with E-state index in [1.54, 1.807) is 11.3 Å². The van der Waals surface area contributed by atoms with Crippen LogP contribution in [0.2, 0.25) is 0 Å². The number of aryl methyl sites for hydroxylation is 1. The highest BCUT2D eigenvalue weighted by Crippen LogP contribution is 2.22. The summed E-state index contributed by atoms with van der Waals surface area (Å²) >= 11 is 1.69. The molecule has 1 aliphatic rings. The fourth-order valence-corrected chi connectivity index (χ4v) is 2.95. The van der Waals surface area contributed by atoms with Gasteiger partial charge in [-0.25, -0.2) is 4.98 Å². The van der Waals surface area contributed by atoms with Gasteiger partial charge in [0.25, 0.3) is 0 Å². The molecule has 0 fully saturated rings. The number of nitrogens with zero attached hydrogens (tertiary/aromatic N) is 2. The Morgan fingerprint density at radius 2 is 2.22 bits per heavy atom. The van der Waals surface area contributed by atoms with E-state index in [-0.39, 0.29) is 0 Å². The van der Waals surface area contributed by atoms with Crippen molar-refractivity contribution in [2.45, 2.75) is 19.9 Å².